The molecule has 6 saturated carbocycles. The summed E-state index contributed by atoms with van der Waals surface area (Å²) < 4.78 is 56.6. The number of halogens is 4. The van der Waals surface area contributed by atoms with Crippen LogP contribution in [-0.2, 0) is 41.4 Å². The van der Waals surface area contributed by atoms with Crippen molar-refractivity contribution in [3.05, 3.63) is 219 Å². The van der Waals surface area contributed by atoms with Gasteiger partial charge in [-0.1, -0.05) is 20.8 Å². The number of nitrogens with one attached hydrogen (secondary N) is 3. The number of nitrogens with zero attached hydrogens (tertiary/aromatic N) is 15. The molecule has 135 heavy (non-hydrogen) atoms. The minimum absolute atomic E-state index is 0.0329. The molecule has 9 unspecified atom stereocenters. The average Bonchev–Trinajstić information content (AvgIpc) is 1.66. The number of carbonyl (C=O) groups is 6. The molecule has 0 saturated heterocycles. The summed E-state index contributed by atoms with van der Waals surface area (Å²) in [7, 11) is 0. The Bertz CT molecular complexity index is 6000. The third-order valence-electron chi connectivity index (χ3n) is 25.6. The van der Waals surface area contributed by atoms with Crippen LogP contribution in [0, 0.1) is 109 Å². The molecule has 34 nitrogen and oxygen atoms in total. The molecule has 17 rings (SSSR count). The molecule has 0 bridgehead atoms. The lowest BCUT2D eigenvalue weighted by Gasteiger charge is -2.21. The van der Waals surface area contributed by atoms with Crippen molar-refractivity contribution < 1.29 is 66.0 Å². The van der Waals surface area contributed by atoms with E-state index in [-0.39, 0.29) is 99.6 Å². The van der Waals surface area contributed by atoms with E-state index in [4.69, 9.17) is 43.0 Å². The molecule has 0 spiro atoms. The third kappa shape index (κ3) is 28.3. The van der Waals surface area contributed by atoms with Crippen LogP contribution in [0.5, 0.6) is 0 Å². The van der Waals surface area contributed by atoms with E-state index in [1.165, 1.54) is 47.3 Å². The molecule has 0 radical (unpaired) electrons. The number of ketones is 2. The zero-order chi connectivity index (χ0) is 97.5. The fourth-order valence-corrected chi connectivity index (χ4v) is 19.5. The lowest BCUT2D eigenvalue weighted by atomic mass is 9.83. The zero-order valence-electron chi connectivity index (χ0n) is 77.3. The van der Waals surface area contributed by atoms with Crippen molar-refractivity contribution in [1.82, 2.24) is 64.8 Å². The Morgan fingerprint density at radius 2 is 0.652 bits per heavy atom. The standard InChI is InChI=1S/C30H35FN4O3.C25H27FN4O.C20H21ClFNO.C9H12N4O4.C9H14N4O2.C4H4N4O2/c1-17(27(36)9-18-15-33-28(34-16-18)35-29(37)38-30(2,3)4)19-10-20-12-22(13-21(20)11-19)24-7-8-32-26-6-5-23(31)14-25(24)26;1-14(24(31)6-15-12-29-25(27)30-13-15)16-7-17-9-19(10-18(17)8-16)21-4-5-28-23-3-2-20(26)11-22(21)23;1-11(20(21)24)12-6-13-8-15(9-14(13)7-12)17-4-5-23-19-3-2-16(22)10-18(17)19;1-9(2,3)17-8(14)12-7-10-4-6(5-11-7)13(15)16;1-9(2,3)15-8(14)13-7-11-4-6(10)5-12-7;5-4-6-1-3(2-7-4)8(9)10/h5-8,14-17,19-22H,9-13H2,1-4H3,(H,33,34,35,37);2-5,11-14,16-19H,6-10H2,1H3,(H2,27,29,30);2-5,10-15H,6-9H2,1H3;4-5H,1-3H3,(H,10,11,12,14);4-5H,10H2,1-3H3,(H,11,12,13,14);1-2H,(H2,5,6,7)/t17?,19?,20-,21+,22?;14?,16?,17-,18+,19?;11?,12?,13-,14+,15?;;;. The zero-order valence-corrected chi connectivity index (χ0v) is 78.0. The highest BCUT2D eigenvalue weighted by molar-refractivity contribution is 6.64. The molecular weight excluding hydrogens is 1760 g/mol. The number of rotatable bonds is 18. The van der Waals surface area contributed by atoms with Gasteiger partial charge in [0.25, 0.3) is 0 Å². The van der Waals surface area contributed by atoms with Crippen LogP contribution in [0.1, 0.15) is 206 Å². The Kier molecular flexibility index (Phi) is 32.7. The predicted octanol–water partition coefficient (Wildman–Crippen LogP) is 19.6. The van der Waals surface area contributed by atoms with Crippen LogP contribution in [0.15, 0.2) is 153 Å². The molecule has 6 fully saturated rings. The first-order chi connectivity index (χ1) is 63.9. The second-order valence-corrected chi connectivity index (χ2v) is 38.9. The Morgan fingerprint density at radius 1 is 0.393 bits per heavy atom. The monoisotopic (exact) mass is 1870 g/mol. The van der Waals surface area contributed by atoms with E-state index in [1.807, 2.05) is 38.5 Å². The quantitative estimate of drug-likeness (QED) is 0.0201. The normalized spacial score (nSPS) is 21.3. The van der Waals surface area contributed by atoms with E-state index in [9.17, 15) is 62.2 Å². The number of anilines is 6. The topological polar surface area (TPSA) is 498 Å². The van der Waals surface area contributed by atoms with Crippen molar-refractivity contribution in [1.29, 1.82) is 0 Å². The first-order valence-electron chi connectivity index (χ1n) is 44.9. The summed E-state index contributed by atoms with van der Waals surface area (Å²) in [5.74, 6) is 6.66. The molecule has 3 aromatic carbocycles. The van der Waals surface area contributed by atoms with Gasteiger partial charge in [0.15, 0.2) is 0 Å². The average molecular weight is 1870 g/mol. The van der Waals surface area contributed by atoms with E-state index in [0.717, 1.165) is 146 Å². The number of hydrogen-bond donors (Lipinski definition) is 6. The van der Waals surface area contributed by atoms with Crippen molar-refractivity contribution in [2.45, 2.75) is 208 Å². The fourth-order valence-electron chi connectivity index (χ4n) is 19.4. The van der Waals surface area contributed by atoms with Crippen LogP contribution in [-0.4, -0.2) is 127 Å². The number of fused-ring (bicyclic) bond motifs is 6. The SMILES string of the molecule is CC(C(=O)Cc1cnc(N)nc1)C1C[C@H]2CC(c3ccnc4ccc(F)cc34)C[C@H]2C1.CC(C(=O)Cc1cnc(NC(=O)OC(C)(C)C)nc1)C1C[C@H]2CC(c3ccnc4ccc(F)cc34)C[C@H]2C1.CC(C(=O)Cl)C1C[C@H]2CC(c3ccnc4ccc(F)cc34)C[C@H]2C1.CC(C)(C)OC(=O)Nc1ncc(N)cn1.CC(C)(C)OC(=O)Nc1ncc([N+](=O)[O-])cn1.Nc1ncc([N+](=O)[O-])cn1. The second-order valence-electron chi connectivity index (χ2n) is 38.6. The summed E-state index contributed by atoms with van der Waals surface area (Å²) in [5.41, 5.74) is 22.0. The number of amides is 3. The van der Waals surface area contributed by atoms with E-state index in [1.54, 1.807) is 123 Å². The van der Waals surface area contributed by atoms with Crippen LogP contribution in [0.2, 0.25) is 0 Å². The van der Waals surface area contributed by atoms with Crippen molar-refractivity contribution in [3.8, 4) is 0 Å². The van der Waals surface area contributed by atoms with Gasteiger partial charge in [-0.25, -0.2) is 77.4 Å². The summed E-state index contributed by atoms with van der Waals surface area (Å²) in [6.45, 7) is 21.9. The molecule has 8 aromatic heterocycles. The fraction of sp³-hybridized carbons (Fsp3) is 0.454. The van der Waals surface area contributed by atoms with Gasteiger partial charge in [-0.05, 0) is 323 Å². The van der Waals surface area contributed by atoms with Gasteiger partial charge in [-0.2, -0.15) is 0 Å². The van der Waals surface area contributed by atoms with Gasteiger partial charge in [0.05, 0.1) is 44.5 Å². The van der Waals surface area contributed by atoms with Gasteiger partial charge in [-0.15, -0.1) is 0 Å². The smallest absolute Gasteiger partial charge is 0.414 e. The van der Waals surface area contributed by atoms with Crippen LogP contribution in [0.4, 0.5) is 74.4 Å². The highest BCUT2D eigenvalue weighted by Gasteiger charge is 2.48. The summed E-state index contributed by atoms with van der Waals surface area (Å²) in [6.07, 6.45) is 30.7. The Labute approximate surface area is 783 Å². The van der Waals surface area contributed by atoms with Crippen molar-refractivity contribution in [2.24, 2.45) is 71.0 Å². The Morgan fingerprint density at radius 3 is 0.933 bits per heavy atom. The third-order valence-corrected chi connectivity index (χ3v) is 25.9. The molecule has 8 heterocycles. The van der Waals surface area contributed by atoms with Gasteiger partial charge < -0.3 is 31.4 Å². The van der Waals surface area contributed by atoms with E-state index < -0.39 is 44.9 Å². The first kappa shape index (κ1) is 100. The number of hydrogen-bond acceptors (Lipinski definition) is 29. The molecule has 712 valence electrons. The second kappa shape index (κ2) is 44.0. The van der Waals surface area contributed by atoms with Crippen LogP contribution >= 0.6 is 11.6 Å². The lowest BCUT2D eigenvalue weighted by molar-refractivity contribution is -0.385. The van der Waals surface area contributed by atoms with Crippen LogP contribution in [0.25, 0.3) is 32.7 Å². The number of carbonyl (C=O) groups excluding carboxylic acids is 6. The van der Waals surface area contributed by atoms with Gasteiger partial charge in [-0.3, -0.25) is 65.5 Å². The Hall–Kier alpha value is -13.6. The van der Waals surface area contributed by atoms with Crippen LogP contribution in [0.3, 0.4) is 0 Å². The lowest BCUT2D eigenvalue weighted by Crippen LogP contribution is -2.27. The first-order valence-corrected chi connectivity index (χ1v) is 45.3. The van der Waals surface area contributed by atoms with E-state index in [0.29, 0.717) is 83.1 Å². The molecule has 9 N–H and O–H groups in total. The summed E-state index contributed by atoms with van der Waals surface area (Å²) in [5, 5.41) is 30.1. The van der Waals surface area contributed by atoms with Crippen molar-refractivity contribution in [2.75, 3.05) is 33.2 Å². The molecule has 15 atom stereocenters. The maximum atomic E-state index is 13.9. The number of Topliss-reactive ketones (excluding diaryl/α,β-unsaturated/α-hetero) is 2. The maximum absolute atomic E-state index is 13.9. The summed E-state index contributed by atoms with van der Waals surface area (Å²) >= 11 is 5.69. The molecular formula is C97H113ClF3N21O13. The number of ether oxygens (including phenoxy) is 3. The number of pyridine rings is 3. The molecule has 0 aliphatic heterocycles. The van der Waals surface area contributed by atoms with Crippen molar-refractivity contribution >= 4 is 126 Å². The van der Waals surface area contributed by atoms with E-state index >= 15 is 0 Å². The molecule has 6 aliphatic carbocycles. The number of benzene rings is 3. The molecule has 11 aromatic rings. The number of nitrogen functional groups attached to an aromatic ring is 3. The summed E-state index contributed by atoms with van der Waals surface area (Å²) in [6, 6.07) is 20.7. The van der Waals surface area contributed by atoms with Gasteiger partial charge in [0.2, 0.25) is 35.0 Å². The number of aromatic nitrogens is 13. The van der Waals surface area contributed by atoms with Gasteiger partial charge >= 0.3 is 29.7 Å². The van der Waals surface area contributed by atoms with Crippen molar-refractivity contribution in [3.63, 3.8) is 0 Å². The molecule has 3 amide bonds. The number of nitro groups is 2. The highest BCUT2D eigenvalue weighted by Crippen LogP contribution is 2.58. The molecule has 38 heteroatoms. The number of nitrogens with two attached hydrogens (primary N) is 3. The Balaban J connectivity index is 0.000000153. The van der Waals surface area contributed by atoms with Crippen LogP contribution < -0.4 is 33.2 Å². The predicted molar refractivity (Wildman–Crippen MR) is 502 cm³/mol. The molecule has 6 aliphatic rings. The minimum Gasteiger partial charge on any atom is -0.444 e. The largest absolute Gasteiger partial charge is 0.444 e. The van der Waals surface area contributed by atoms with Gasteiger partial charge in [0.1, 0.15) is 70.6 Å². The highest BCUT2D eigenvalue weighted by atomic mass is 35.5. The summed E-state index contributed by atoms with van der Waals surface area (Å²) in [4.78, 5) is 142. The maximum Gasteiger partial charge on any atom is 0.414 e. The minimum atomic E-state index is -0.716. The van der Waals surface area contributed by atoms with E-state index in [2.05, 4.69) is 99.8 Å². The van der Waals surface area contributed by atoms with Gasteiger partial charge in [0, 0.05) is 90.1 Å².